The number of piperidine rings is 1. The first-order valence-electron chi connectivity index (χ1n) is 8.61. The van der Waals surface area contributed by atoms with Crippen molar-refractivity contribution in [3.05, 3.63) is 46.9 Å². The summed E-state index contributed by atoms with van der Waals surface area (Å²) in [6, 6.07) is 3.70. The van der Waals surface area contributed by atoms with Crippen molar-refractivity contribution in [3.63, 3.8) is 0 Å². The minimum absolute atomic E-state index is 0.0350. The van der Waals surface area contributed by atoms with Crippen molar-refractivity contribution in [2.75, 3.05) is 13.1 Å². The number of aromatic carboxylic acids is 1. The van der Waals surface area contributed by atoms with Gasteiger partial charge in [-0.05, 0) is 31.9 Å². The maximum atomic E-state index is 12.8. The van der Waals surface area contributed by atoms with Gasteiger partial charge in [-0.15, -0.1) is 11.3 Å². The maximum absolute atomic E-state index is 12.8. The summed E-state index contributed by atoms with van der Waals surface area (Å²) >= 11 is 1.32. The summed E-state index contributed by atoms with van der Waals surface area (Å²) in [5.74, 6) is -0.350. The summed E-state index contributed by atoms with van der Waals surface area (Å²) < 4.78 is 7.09. The number of thiazole rings is 1. The quantitative estimate of drug-likeness (QED) is 0.739. The molecule has 4 heterocycles. The highest BCUT2D eigenvalue weighted by atomic mass is 32.1. The Labute approximate surface area is 159 Å². The van der Waals surface area contributed by atoms with Crippen LogP contribution in [0.1, 0.15) is 44.6 Å². The van der Waals surface area contributed by atoms with Gasteiger partial charge in [0, 0.05) is 13.1 Å². The highest BCUT2D eigenvalue weighted by Gasteiger charge is 2.28. The summed E-state index contributed by atoms with van der Waals surface area (Å²) in [6.45, 7) is 2.96. The minimum Gasteiger partial charge on any atom is -0.478 e. The number of hydrogen-bond acceptors (Lipinski definition) is 6. The number of carboxylic acids is 1. The molecule has 4 rings (SSSR count). The fourth-order valence-corrected chi connectivity index (χ4v) is 4.21. The second-order valence-corrected chi connectivity index (χ2v) is 7.45. The third kappa shape index (κ3) is 3.25. The average Bonchev–Trinajstić information content (AvgIpc) is 3.41. The Morgan fingerprint density at radius 1 is 1.30 bits per heavy atom. The van der Waals surface area contributed by atoms with Crippen LogP contribution in [-0.2, 0) is 0 Å². The zero-order chi connectivity index (χ0) is 19.0. The van der Waals surface area contributed by atoms with Gasteiger partial charge in [0.1, 0.15) is 10.4 Å². The second-order valence-electron chi connectivity index (χ2n) is 6.42. The van der Waals surface area contributed by atoms with E-state index in [-0.39, 0.29) is 17.5 Å². The van der Waals surface area contributed by atoms with Crippen LogP contribution in [0.3, 0.4) is 0 Å². The predicted molar refractivity (Wildman–Crippen MR) is 97.9 cm³/mol. The fraction of sp³-hybridized carbons (Fsp3) is 0.333. The van der Waals surface area contributed by atoms with E-state index < -0.39 is 5.97 Å². The van der Waals surface area contributed by atoms with Crippen molar-refractivity contribution in [2.45, 2.75) is 25.8 Å². The van der Waals surface area contributed by atoms with Gasteiger partial charge in [0.25, 0.3) is 5.91 Å². The Bertz CT molecular complexity index is 968. The molecule has 0 spiro atoms. The molecule has 1 fully saturated rings. The summed E-state index contributed by atoms with van der Waals surface area (Å²) in [5, 5.41) is 14.1. The van der Waals surface area contributed by atoms with E-state index in [4.69, 9.17) is 4.42 Å². The molecule has 3 aromatic rings. The van der Waals surface area contributed by atoms with Crippen molar-refractivity contribution >= 4 is 23.2 Å². The Balaban J connectivity index is 1.42. The molecule has 3 aromatic heterocycles. The number of amides is 1. The van der Waals surface area contributed by atoms with Gasteiger partial charge in [-0.2, -0.15) is 5.10 Å². The summed E-state index contributed by atoms with van der Waals surface area (Å²) in [5.41, 5.74) is 0.876. The van der Waals surface area contributed by atoms with Gasteiger partial charge in [-0.25, -0.2) is 9.78 Å². The SMILES string of the molecule is Cc1c(C(=O)O)cnn1C1CCN(C(=O)c2cnc(-c3ccco3)s2)CC1. The molecule has 0 atom stereocenters. The van der Waals surface area contributed by atoms with Gasteiger partial charge in [-0.1, -0.05) is 0 Å². The molecule has 0 unspecified atom stereocenters. The smallest absolute Gasteiger partial charge is 0.339 e. The van der Waals surface area contributed by atoms with Crippen LogP contribution in [0, 0.1) is 6.92 Å². The van der Waals surface area contributed by atoms with Crippen molar-refractivity contribution < 1.29 is 19.1 Å². The molecule has 0 radical (unpaired) electrons. The Morgan fingerprint density at radius 2 is 2.07 bits per heavy atom. The first kappa shape index (κ1) is 17.5. The number of hydrogen-bond donors (Lipinski definition) is 1. The van der Waals surface area contributed by atoms with Crippen molar-refractivity contribution in [1.82, 2.24) is 19.7 Å². The standard InChI is InChI=1S/C18H18N4O4S/c1-11-13(18(24)25)9-20-22(11)12-4-6-21(7-5-12)17(23)15-10-19-16(27-15)14-3-2-8-26-14/h2-3,8-10,12H,4-7H2,1H3,(H,24,25). The van der Waals surface area contributed by atoms with E-state index in [0.29, 0.717) is 34.4 Å². The number of rotatable bonds is 4. The van der Waals surface area contributed by atoms with E-state index in [0.717, 1.165) is 12.8 Å². The lowest BCUT2D eigenvalue weighted by atomic mass is 10.0. The normalized spacial score (nSPS) is 15.2. The van der Waals surface area contributed by atoms with Crippen LogP contribution in [0.15, 0.2) is 35.2 Å². The third-order valence-corrected chi connectivity index (χ3v) is 5.82. The van der Waals surface area contributed by atoms with Gasteiger partial charge < -0.3 is 14.4 Å². The number of aromatic nitrogens is 3. The Hall–Kier alpha value is -2.94. The molecular formula is C18H18N4O4S. The Morgan fingerprint density at radius 3 is 2.70 bits per heavy atom. The van der Waals surface area contributed by atoms with Crippen molar-refractivity contribution in [3.8, 4) is 10.8 Å². The van der Waals surface area contributed by atoms with Crippen molar-refractivity contribution in [1.29, 1.82) is 0 Å². The van der Waals surface area contributed by atoms with E-state index in [2.05, 4.69) is 10.1 Å². The molecule has 0 aliphatic carbocycles. The molecule has 9 heteroatoms. The second kappa shape index (κ2) is 6.99. The summed E-state index contributed by atoms with van der Waals surface area (Å²) in [7, 11) is 0. The van der Waals surface area contributed by atoms with Crippen LogP contribution >= 0.6 is 11.3 Å². The molecule has 1 aliphatic rings. The number of furan rings is 1. The van der Waals surface area contributed by atoms with Gasteiger partial charge in [0.15, 0.2) is 10.8 Å². The highest BCUT2D eigenvalue weighted by molar-refractivity contribution is 7.16. The third-order valence-electron chi connectivity index (χ3n) is 4.82. The van der Waals surface area contributed by atoms with Gasteiger partial charge in [0.2, 0.25) is 0 Å². The lowest BCUT2D eigenvalue weighted by Gasteiger charge is -2.32. The lowest BCUT2D eigenvalue weighted by Crippen LogP contribution is -2.39. The molecule has 1 amide bonds. The summed E-state index contributed by atoms with van der Waals surface area (Å²) in [6.07, 6.45) is 6.03. The lowest BCUT2D eigenvalue weighted by molar-refractivity contribution is 0.0691. The number of carbonyl (C=O) groups is 2. The van der Waals surface area contributed by atoms with E-state index in [1.807, 2.05) is 11.0 Å². The van der Waals surface area contributed by atoms with E-state index >= 15 is 0 Å². The number of likely N-dealkylation sites (tertiary alicyclic amines) is 1. The van der Waals surface area contributed by atoms with Crippen LogP contribution < -0.4 is 0 Å². The van der Waals surface area contributed by atoms with Crippen molar-refractivity contribution in [2.24, 2.45) is 0 Å². The van der Waals surface area contributed by atoms with E-state index in [9.17, 15) is 14.7 Å². The molecule has 27 heavy (non-hydrogen) atoms. The predicted octanol–water partition coefficient (Wildman–Crippen LogP) is 3.08. The molecule has 1 saturated heterocycles. The molecule has 0 saturated carbocycles. The molecule has 8 nitrogen and oxygen atoms in total. The number of nitrogens with zero attached hydrogens (tertiary/aromatic N) is 4. The largest absolute Gasteiger partial charge is 0.478 e. The Kier molecular flexibility index (Phi) is 4.53. The highest BCUT2D eigenvalue weighted by Crippen LogP contribution is 2.29. The topological polar surface area (TPSA) is 101 Å². The molecular weight excluding hydrogens is 368 g/mol. The van der Waals surface area contributed by atoms with E-state index in [1.54, 1.807) is 30.1 Å². The molecule has 0 aromatic carbocycles. The first-order valence-corrected chi connectivity index (χ1v) is 9.42. The van der Waals surface area contributed by atoms with Crippen LogP contribution in [0.2, 0.25) is 0 Å². The van der Waals surface area contributed by atoms with E-state index in [1.165, 1.54) is 17.5 Å². The minimum atomic E-state index is -0.969. The van der Waals surface area contributed by atoms with Crippen LogP contribution in [0.5, 0.6) is 0 Å². The number of carboxylic acid groups (broad SMARTS) is 1. The zero-order valence-corrected chi connectivity index (χ0v) is 15.5. The van der Waals surface area contributed by atoms with Gasteiger partial charge >= 0.3 is 5.97 Å². The van der Waals surface area contributed by atoms with Gasteiger partial charge in [-0.3, -0.25) is 9.48 Å². The average molecular weight is 386 g/mol. The first-order chi connectivity index (χ1) is 13.0. The zero-order valence-electron chi connectivity index (χ0n) is 14.7. The van der Waals surface area contributed by atoms with Gasteiger partial charge in [0.05, 0.1) is 30.4 Å². The summed E-state index contributed by atoms with van der Waals surface area (Å²) in [4.78, 5) is 30.6. The molecule has 1 aliphatic heterocycles. The molecule has 0 bridgehead atoms. The van der Waals surface area contributed by atoms with Crippen LogP contribution in [0.4, 0.5) is 0 Å². The monoisotopic (exact) mass is 386 g/mol. The van der Waals surface area contributed by atoms with Crippen LogP contribution in [0.25, 0.3) is 10.8 Å². The maximum Gasteiger partial charge on any atom is 0.339 e. The van der Waals surface area contributed by atoms with Crippen LogP contribution in [-0.4, -0.2) is 49.7 Å². The molecule has 140 valence electrons. The fourth-order valence-electron chi connectivity index (χ4n) is 3.36. The molecule has 1 N–H and O–H groups in total. The number of carbonyl (C=O) groups excluding carboxylic acids is 1.